The first kappa shape index (κ1) is 17.6. The highest BCUT2D eigenvalue weighted by Crippen LogP contribution is 2.43. The Morgan fingerprint density at radius 2 is 1.93 bits per heavy atom. The van der Waals surface area contributed by atoms with Gasteiger partial charge in [0.1, 0.15) is 36.9 Å². The molecule has 2 bridgehead atoms. The van der Waals surface area contributed by atoms with Crippen molar-refractivity contribution in [2.24, 2.45) is 0 Å². The summed E-state index contributed by atoms with van der Waals surface area (Å²) in [5.74, 6) is 1.90. The van der Waals surface area contributed by atoms with Gasteiger partial charge in [-0.25, -0.2) is 4.79 Å². The second-order valence-corrected chi connectivity index (χ2v) is 8.37. The topological polar surface area (TPSA) is 44.8 Å². The third-order valence-corrected chi connectivity index (χ3v) is 6.43. The van der Waals surface area contributed by atoms with Crippen molar-refractivity contribution in [3.8, 4) is 5.75 Å². The van der Waals surface area contributed by atoms with Crippen molar-refractivity contribution in [1.29, 1.82) is 0 Å². The predicted octanol–water partition coefficient (Wildman–Crippen LogP) is 3.82. The lowest BCUT2D eigenvalue weighted by Gasteiger charge is -2.40. The molecule has 0 spiro atoms. The van der Waals surface area contributed by atoms with E-state index in [0.717, 1.165) is 41.1 Å². The van der Waals surface area contributed by atoms with Gasteiger partial charge in [0.25, 0.3) is 6.04 Å². The molecule has 1 aromatic rings. The molecule has 0 saturated carbocycles. The molecule has 150 valence electrons. The lowest BCUT2D eigenvalue weighted by atomic mass is 10.0. The van der Waals surface area contributed by atoms with Gasteiger partial charge in [-0.05, 0) is 49.3 Å². The van der Waals surface area contributed by atoms with Crippen molar-refractivity contribution < 1.29 is 23.5 Å². The Labute approximate surface area is 175 Å². The van der Waals surface area contributed by atoms with E-state index < -0.39 is 12.3 Å². The number of carbonyl (C=O) groups is 1. The number of esters is 1. The Morgan fingerprint density at radius 1 is 1.03 bits per heavy atom. The van der Waals surface area contributed by atoms with Crippen molar-refractivity contribution >= 4 is 5.97 Å². The molecule has 5 heteroatoms. The summed E-state index contributed by atoms with van der Waals surface area (Å²) in [7, 11) is 0. The summed E-state index contributed by atoms with van der Waals surface area (Å²) < 4.78 is 19.1. The van der Waals surface area contributed by atoms with E-state index in [2.05, 4.69) is 23.9 Å². The van der Waals surface area contributed by atoms with Gasteiger partial charge in [-0.1, -0.05) is 24.3 Å². The Hall–Kier alpha value is -3.27. The van der Waals surface area contributed by atoms with Crippen LogP contribution >= 0.6 is 0 Å². The van der Waals surface area contributed by atoms with Crippen LogP contribution in [-0.2, 0) is 20.8 Å². The lowest BCUT2D eigenvalue weighted by Crippen LogP contribution is -2.62. The molecule has 5 aliphatic rings. The summed E-state index contributed by atoms with van der Waals surface area (Å²) in [6.45, 7) is 2.00. The van der Waals surface area contributed by atoms with Crippen molar-refractivity contribution in [2.75, 3.05) is 13.1 Å². The van der Waals surface area contributed by atoms with E-state index >= 15 is 0 Å². The fraction of sp³-hybridized carbons (Fsp3) is 0.280. The largest absolute Gasteiger partial charge is 0.448 e. The molecule has 1 fully saturated rings. The molecule has 0 aromatic heterocycles. The van der Waals surface area contributed by atoms with Gasteiger partial charge in [0.05, 0.1) is 5.57 Å². The van der Waals surface area contributed by atoms with E-state index in [1.54, 1.807) is 0 Å². The molecule has 2 aliphatic carbocycles. The average molecular weight is 400 g/mol. The van der Waals surface area contributed by atoms with Gasteiger partial charge in [-0.2, -0.15) is 0 Å². The van der Waals surface area contributed by atoms with Crippen molar-refractivity contribution in [3.05, 3.63) is 94.7 Å². The molecule has 6 rings (SSSR count). The maximum atomic E-state index is 13.5. The number of carbonyl (C=O) groups excluding carboxylic acids is 1. The van der Waals surface area contributed by atoms with E-state index in [1.165, 1.54) is 0 Å². The maximum absolute atomic E-state index is 13.5. The molecule has 3 atom stereocenters. The first-order valence-electron chi connectivity index (χ1n) is 10.4. The fourth-order valence-corrected chi connectivity index (χ4v) is 5.11. The Balaban J connectivity index is 1.58. The molecule has 3 unspecified atom stereocenters. The summed E-state index contributed by atoms with van der Waals surface area (Å²) in [5, 5.41) is 0. The number of hydrogen-bond donors (Lipinski definition) is 0. The summed E-state index contributed by atoms with van der Waals surface area (Å²) in [4.78, 5) is 13.5. The Kier molecular flexibility index (Phi) is 3.88. The second-order valence-electron chi connectivity index (χ2n) is 8.37. The number of fused-ring (bicyclic) bond motifs is 2. The van der Waals surface area contributed by atoms with Gasteiger partial charge in [0.2, 0.25) is 0 Å². The molecule has 0 amide bonds. The minimum absolute atomic E-state index is 0.300. The summed E-state index contributed by atoms with van der Waals surface area (Å²) in [6.07, 6.45) is 13.2. The number of nitrogens with zero attached hydrogens (tertiary/aromatic N) is 1. The molecule has 30 heavy (non-hydrogen) atoms. The van der Waals surface area contributed by atoms with Crippen LogP contribution in [0.2, 0.25) is 0 Å². The summed E-state index contributed by atoms with van der Waals surface area (Å²) in [5.41, 5.74) is 6.40. The monoisotopic (exact) mass is 400 g/mol. The highest BCUT2D eigenvalue weighted by atomic mass is 16.7. The molecule has 3 aliphatic heterocycles. The number of quaternary nitrogens is 1. The zero-order valence-corrected chi connectivity index (χ0v) is 16.5. The van der Waals surface area contributed by atoms with E-state index in [9.17, 15) is 4.79 Å². The van der Waals surface area contributed by atoms with Crippen LogP contribution in [0.3, 0.4) is 0 Å². The maximum Gasteiger partial charge on any atom is 0.378 e. The molecular formula is C25H22NO4+. The highest BCUT2D eigenvalue weighted by Gasteiger charge is 2.57. The first-order chi connectivity index (χ1) is 14.7. The second kappa shape index (κ2) is 6.63. The van der Waals surface area contributed by atoms with Gasteiger partial charge < -0.3 is 14.2 Å². The van der Waals surface area contributed by atoms with Crippen molar-refractivity contribution in [3.63, 3.8) is 0 Å². The number of rotatable bonds is 0. The van der Waals surface area contributed by atoms with Gasteiger partial charge in [-0.3, -0.25) is 4.48 Å². The van der Waals surface area contributed by atoms with Crippen molar-refractivity contribution in [1.82, 2.24) is 0 Å². The van der Waals surface area contributed by atoms with Crippen LogP contribution in [0, 0.1) is 0 Å². The minimum Gasteiger partial charge on any atom is -0.448 e. The van der Waals surface area contributed by atoms with Crippen LogP contribution in [0.25, 0.3) is 0 Å². The number of benzene rings is 1. The lowest BCUT2D eigenvalue weighted by molar-refractivity contribution is -0.949. The molecular weight excluding hydrogens is 378 g/mol. The van der Waals surface area contributed by atoms with Gasteiger partial charge in [-0.15, -0.1) is 5.73 Å². The van der Waals surface area contributed by atoms with Crippen LogP contribution < -0.4 is 4.74 Å². The van der Waals surface area contributed by atoms with Crippen LogP contribution in [0.15, 0.2) is 89.1 Å². The van der Waals surface area contributed by atoms with Crippen LogP contribution in [0.5, 0.6) is 5.75 Å². The molecule has 0 radical (unpaired) electrons. The van der Waals surface area contributed by atoms with Crippen molar-refractivity contribution in [2.45, 2.75) is 31.7 Å². The SMILES string of the molecule is O=C1Oc2ccccc2C[N+]23CC4=CCCC=C4OC(OC4=C(C=C=CC=C4)C2)C13. The third kappa shape index (κ3) is 2.71. The molecule has 3 heterocycles. The molecule has 1 saturated heterocycles. The first-order valence-corrected chi connectivity index (χ1v) is 10.4. The Bertz CT molecular complexity index is 1130. The number of ether oxygens (including phenoxy) is 3. The fourth-order valence-electron chi connectivity index (χ4n) is 5.11. The molecule has 1 aromatic carbocycles. The molecule has 0 N–H and O–H groups in total. The van der Waals surface area contributed by atoms with E-state index in [0.29, 0.717) is 29.9 Å². The Morgan fingerprint density at radius 3 is 2.90 bits per heavy atom. The summed E-state index contributed by atoms with van der Waals surface area (Å²) >= 11 is 0. The molecule has 5 nitrogen and oxygen atoms in total. The number of hydrogen-bond acceptors (Lipinski definition) is 4. The zero-order chi connectivity index (χ0) is 20.1. The van der Waals surface area contributed by atoms with E-state index in [-0.39, 0.29) is 5.97 Å². The quantitative estimate of drug-likeness (QED) is 0.288. The van der Waals surface area contributed by atoms with E-state index in [4.69, 9.17) is 14.2 Å². The number of allylic oxidation sites excluding steroid dienone is 4. The predicted molar refractivity (Wildman–Crippen MR) is 110 cm³/mol. The van der Waals surface area contributed by atoms with Gasteiger partial charge in [0.15, 0.2) is 0 Å². The third-order valence-electron chi connectivity index (χ3n) is 6.43. The number of para-hydroxylation sites is 1. The van der Waals surface area contributed by atoms with Crippen LogP contribution in [0.1, 0.15) is 18.4 Å². The van der Waals surface area contributed by atoms with E-state index in [1.807, 2.05) is 42.5 Å². The standard InChI is InChI=1S/C25H22NO4/c27-24-23-25-29-21-11-3-1-2-8-18(21)15-26(23,14-17-9-4-6-12-20(17)28-24)16-19-10-5-7-13-22(19)30-25/h1,3-4,6,8-13,23,25H,5,7,14-16H2/q+1. The highest BCUT2D eigenvalue weighted by molar-refractivity contribution is 5.79. The minimum atomic E-state index is -0.759. The smallest absolute Gasteiger partial charge is 0.378 e. The van der Waals surface area contributed by atoms with Crippen LogP contribution in [0.4, 0.5) is 0 Å². The zero-order valence-electron chi connectivity index (χ0n) is 16.5. The van der Waals surface area contributed by atoms with Gasteiger partial charge >= 0.3 is 12.3 Å². The van der Waals surface area contributed by atoms with Gasteiger partial charge in [0, 0.05) is 11.1 Å². The average Bonchev–Trinajstić information content (AvgIpc) is 3.12. The summed E-state index contributed by atoms with van der Waals surface area (Å²) in [6, 6.07) is 7.22. The van der Waals surface area contributed by atoms with Crippen LogP contribution in [-0.4, -0.2) is 35.9 Å². The normalized spacial score (nSPS) is 31.0.